The van der Waals surface area contributed by atoms with Gasteiger partial charge in [-0.1, -0.05) is 19.1 Å². The molecule has 2 aromatic rings. The van der Waals surface area contributed by atoms with Gasteiger partial charge in [0.1, 0.15) is 11.6 Å². The van der Waals surface area contributed by atoms with E-state index in [0.29, 0.717) is 29.1 Å². The molecule has 0 heterocycles. The average molecular weight is 355 g/mol. The van der Waals surface area contributed by atoms with E-state index in [1.807, 2.05) is 30.0 Å². The molecule has 0 fully saturated rings. The average Bonchev–Trinajstić information content (AvgIpc) is 2.64. The molecule has 0 atom stereocenters. The molecule has 0 unspecified atom stereocenters. The zero-order chi connectivity index (χ0) is 18.9. The predicted molar refractivity (Wildman–Crippen MR) is 98.3 cm³/mol. The zero-order valence-electron chi connectivity index (χ0n) is 15.0. The van der Waals surface area contributed by atoms with Gasteiger partial charge < -0.3 is 10.1 Å². The first-order valence-electron chi connectivity index (χ1n) is 8.41. The molecule has 0 aliphatic carbocycles. The molecule has 26 heavy (non-hydrogen) atoms. The molecule has 0 saturated carbocycles. The number of hydrogen-bond donors (Lipinski definition) is 1. The number of amides is 1. The van der Waals surface area contributed by atoms with Crippen LogP contribution in [-0.4, -0.2) is 31.0 Å². The highest BCUT2D eigenvalue weighted by molar-refractivity contribution is 5.93. The number of nitriles is 1. The molecule has 136 valence electrons. The number of anilines is 1. The first-order chi connectivity index (χ1) is 12.6. The number of nitrogens with one attached hydrogen (secondary N) is 1. The summed E-state index contributed by atoms with van der Waals surface area (Å²) in [5.41, 5.74) is 1.40. The molecule has 0 aromatic heterocycles. The first kappa shape index (κ1) is 19.4. The van der Waals surface area contributed by atoms with E-state index in [0.717, 1.165) is 6.42 Å². The Morgan fingerprint density at radius 2 is 2.08 bits per heavy atom. The fourth-order valence-corrected chi connectivity index (χ4v) is 2.68. The van der Waals surface area contributed by atoms with Crippen LogP contribution in [-0.2, 0) is 11.3 Å². The van der Waals surface area contributed by atoms with Crippen molar-refractivity contribution < 1.29 is 13.9 Å². The Balaban J connectivity index is 2.08. The standard InChI is InChI=1S/C20H22FN3O2/c1-3-10-24(13-16-11-15(12-22)8-9-17(16)21)14-20(25)23-18-6-4-5-7-19(18)26-2/h4-9,11H,3,10,13-14H2,1-2H3,(H,23,25). The number of nitrogens with zero attached hydrogens (tertiary/aromatic N) is 2. The van der Waals surface area contributed by atoms with Crippen LogP contribution in [0.5, 0.6) is 5.75 Å². The summed E-state index contributed by atoms with van der Waals surface area (Å²) in [6.07, 6.45) is 0.821. The van der Waals surface area contributed by atoms with Crippen molar-refractivity contribution in [3.05, 3.63) is 59.4 Å². The van der Waals surface area contributed by atoms with Gasteiger partial charge in [0.05, 0.1) is 31.0 Å². The predicted octanol–water partition coefficient (Wildman–Crippen LogP) is 3.56. The minimum atomic E-state index is -0.379. The summed E-state index contributed by atoms with van der Waals surface area (Å²) in [7, 11) is 1.54. The lowest BCUT2D eigenvalue weighted by atomic mass is 10.1. The Kier molecular flexibility index (Phi) is 7.12. The highest BCUT2D eigenvalue weighted by Crippen LogP contribution is 2.23. The maximum absolute atomic E-state index is 14.0. The second-order valence-corrected chi connectivity index (χ2v) is 5.88. The molecule has 5 nitrogen and oxygen atoms in total. The lowest BCUT2D eigenvalue weighted by Gasteiger charge is -2.22. The van der Waals surface area contributed by atoms with E-state index in [1.165, 1.54) is 18.2 Å². The fraction of sp³-hybridized carbons (Fsp3) is 0.300. The number of ether oxygens (including phenoxy) is 1. The lowest BCUT2D eigenvalue weighted by molar-refractivity contribution is -0.117. The molecule has 0 aliphatic heterocycles. The summed E-state index contributed by atoms with van der Waals surface area (Å²) in [5, 5.41) is 11.8. The lowest BCUT2D eigenvalue weighted by Crippen LogP contribution is -2.33. The molecule has 0 bridgehead atoms. The van der Waals surface area contributed by atoms with Crippen LogP contribution in [0.3, 0.4) is 0 Å². The Morgan fingerprint density at radius 1 is 1.31 bits per heavy atom. The SMILES string of the molecule is CCCN(CC(=O)Nc1ccccc1OC)Cc1cc(C#N)ccc1F. The van der Waals surface area contributed by atoms with E-state index in [1.54, 1.807) is 19.2 Å². The monoisotopic (exact) mass is 355 g/mol. The van der Waals surface area contributed by atoms with Gasteiger partial charge in [-0.3, -0.25) is 9.69 Å². The first-order valence-corrected chi connectivity index (χ1v) is 8.41. The molecular weight excluding hydrogens is 333 g/mol. The van der Waals surface area contributed by atoms with Gasteiger partial charge in [-0.25, -0.2) is 4.39 Å². The van der Waals surface area contributed by atoms with Gasteiger partial charge in [-0.2, -0.15) is 5.26 Å². The number of methoxy groups -OCH3 is 1. The highest BCUT2D eigenvalue weighted by Gasteiger charge is 2.15. The van der Waals surface area contributed by atoms with E-state index in [4.69, 9.17) is 10.00 Å². The normalized spacial score (nSPS) is 10.4. The molecule has 2 aromatic carbocycles. The summed E-state index contributed by atoms with van der Waals surface area (Å²) in [6, 6.07) is 13.4. The van der Waals surface area contributed by atoms with Crippen molar-refractivity contribution in [1.82, 2.24) is 4.90 Å². The molecule has 1 N–H and O–H groups in total. The van der Waals surface area contributed by atoms with Gasteiger partial charge >= 0.3 is 0 Å². The fourth-order valence-electron chi connectivity index (χ4n) is 2.68. The maximum Gasteiger partial charge on any atom is 0.238 e. The minimum absolute atomic E-state index is 0.113. The van der Waals surface area contributed by atoms with Crippen LogP contribution in [0.25, 0.3) is 0 Å². The number of hydrogen-bond acceptors (Lipinski definition) is 4. The number of carbonyl (C=O) groups excluding carboxylic acids is 1. The van der Waals surface area contributed by atoms with Crippen LogP contribution in [0.15, 0.2) is 42.5 Å². The third-order valence-electron chi connectivity index (χ3n) is 3.86. The Hall–Kier alpha value is -2.91. The third kappa shape index (κ3) is 5.30. The van der Waals surface area contributed by atoms with Gasteiger partial charge in [0.25, 0.3) is 0 Å². The van der Waals surface area contributed by atoms with Gasteiger partial charge in [0, 0.05) is 12.1 Å². The topological polar surface area (TPSA) is 65.4 Å². The maximum atomic E-state index is 14.0. The van der Waals surface area contributed by atoms with Crippen LogP contribution >= 0.6 is 0 Å². The van der Waals surface area contributed by atoms with Crippen molar-refractivity contribution in [2.45, 2.75) is 19.9 Å². The number of para-hydroxylation sites is 2. The van der Waals surface area contributed by atoms with Crippen LogP contribution in [0.2, 0.25) is 0 Å². The minimum Gasteiger partial charge on any atom is -0.495 e. The molecule has 0 spiro atoms. The van der Waals surface area contributed by atoms with Gasteiger partial charge in [0.15, 0.2) is 0 Å². The largest absolute Gasteiger partial charge is 0.495 e. The molecular formula is C20H22FN3O2. The van der Waals surface area contributed by atoms with Crippen LogP contribution in [0.4, 0.5) is 10.1 Å². The molecule has 0 radical (unpaired) electrons. The summed E-state index contributed by atoms with van der Waals surface area (Å²) >= 11 is 0. The Bertz CT molecular complexity index is 802. The van der Waals surface area contributed by atoms with E-state index >= 15 is 0 Å². The highest BCUT2D eigenvalue weighted by atomic mass is 19.1. The van der Waals surface area contributed by atoms with Crippen LogP contribution < -0.4 is 10.1 Å². The van der Waals surface area contributed by atoms with Crippen molar-refractivity contribution in [3.8, 4) is 11.8 Å². The quantitative estimate of drug-likeness (QED) is 0.786. The molecule has 0 saturated heterocycles. The summed E-state index contributed by atoms with van der Waals surface area (Å²) in [4.78, 5) is 14.3. The van der Waals surface area contributed by atoms with Gasteiger partial charge in [0.2, 0.25) is 5.91 Å². The molecule has 0 aliphatic rings. The van der Waals surface area contributed by atoms with Crippen molar-refractivity contribution >= 4 is 11.6 Å². The summed E-state index contributed by atoms with van der Waals surface area (Å²) < 4.78 is 19.3. The van der Waals surface area contributed by atoms with E-state index < -0.39 is 0 Å². The molecule has 1 amide bonds. The third-order valence-corrected chi connectivity index (χ3v) is 3.86. The second kappa shape index (κ2) is 9.54. The van der Waals surface area contributed by atoms with Crippen molar-refractivity contribution in [2.75, 3.05) is 25.5 Å². The van der Waals surface area contributed by atoms with Crippen LogP contribution in [0.1, 0.15) is 24.5 Å². The number of rotatable bonds is 8. The van der Waals surface area contributed by atoms with Crippen molar-refractivity contribution in [3.63, 3.8) is 0 Å². The van der Waals surface area contributed by atoms with Crippen molar-refractivity contribution in [2.24, 2.45) is 0 Å². The van der Waals surface area contributed by atoms with Crippen molar-refractivity contribution in [1.29, 1.82) is 5.26 Å². The number of carbonyl (C=O) groups is 1. The Labute approximate surface area is 153 Å². The molecule has 2 rings (SSSR count). The van der Waals surface area contributed by atoms with Gasteiger partial charge in [-0.05, 0) is 43.3 Å². The van der Waals surface area contributed by atoms with E-state index in [-0.39, 0.29) is 24.8 Å². The summed E-state index contributed by atoms with van der Waals surface area (Å²) in [6.45, 7) is 3.00. The van der Waals surface area contributed by atoms with E-state index in [9.17, 15) is 9.18 Å². The van der Waals surface area contributed by atoms with Gasteiger partial charge in [-0.15, -0.1) is 0 Å². The zero-order valence-corrected chi connectivity index (χ0v) is 15.0. The number of halogens is 1. The number of benzene rings is 2. The molecule has 6 heteroatoms. The van der Waals surface area contributed by atoms with E-state index in [2.05, 4.69) is 5.32 Å². The smallest absolute Gasteiger partial charge is 0.238 e. The summed E-state index contributed by atoms with van der Waals surface area (Å²) in [5.74, 6) is -0.00862. The van der Waals surface area contributed by atoms with Crippen LogP contribution in [0, 0.1) is 17.1 Å². The second-order valence-electron chi connectivity index (χ2n) is 5.88. The Morgan fingerprint density at radius 3 is 2.77 bits per heavy atom.